The number of hydrogen-bond acceptors (Lipinski definition) is 7. The predicted molar refractivity (Wildman–Crippen MR) is 125 cm³/mol. The summed E-state index contributed by atoms with van der Waals surface area (Å²) >= 11 is 3.11. The van der Waals surface area contributed by atoms with Crippen molar-refractivity contribution < 1.29 is 4.79 Å². The maximum atomic E-state index is 12.7. The molecule has 30 heavy (non-hydrogen) atoms. The number of amides is 1. The molecule has 5 rings (SSSR count). The summed E-state index contributed by atoms with van der Waals surface area (Å²) in [6.45, 7) is 5.94. The number of fused-ring (bicyclic) bond motifs is 1. The molecule has 0 spiro atoms. The van der Waals surface area contributed by atoms with Crippen LogP contribution in [0.2, 0.25) is 0 Å². The summed E-state index contributed by atoms with van der Waals surface area (Å²) in [7, 11) is 0. The van der Waals surface area contributed by atoms with E-state index in [1.54, 1.807) is 11.3 Å². The lowest BCUT2D eigenvalue weighted by Gasteiger charge is -2.26. The van der Waals surface area contributed by atoms with Gasteiger partial charge in [0.05, 0.1) is 15.3 Å². The number of rotatable bonds is 4. The molecule has 0 radical (unpaired) electrons. The van der Waals surface area contributed by atoms with E-state index in [0.717, 1.165) is 63.3 Å². The molecule has 0 saturated carbocycles. The van der Waals surface area contributed by atoms with Crippen molar-refractivity contribution in [3.63, 3.8) is 0 Å². The molecule has 0 unspecified atom stereocenters. The summed E-state index contributed by atoms with van der Waals surface area (Å²) in [6, 6.07) is 13.8. The summed E-state index contributed by atoms with van der Waals surface area (Å²) in [4.78, 5) is 25.8. The maximum absolute atomic E-state index is 12.7. The van der Waals surface area contributed by atoms with Crippen LogP contribution in [-0.2, 0) is 0 Å². The van der Waals surface area contributed by atoms with E-state index >= 15 is 0 Å². The first-order chi connectivity index (χ1) is 14.7. The Kier molecular flexibility index (Phi) is 5.20. The van der Waals surface area contributed by atoms with E-state index in [1.807, 2.05) is 55.6 Å². The fourth-order valence-electron chi connectivity index (χ4n) is 3.38. The highest BCUT2D eigenvalue weighted by Gasteiger charge is 2.18. The predicted octanol–water partition coefficient (Wildman–Crippen LogP) is 4.39. The summed E-state index contributed by atoms with van der Waals surface area (Å²) in [5.41, 5.74) is 3.84. The molecule has 1 aliphatic rings. The second kappa shape index (κ2) is 8.14. The Bertz CT molecular complexity index is 1140. The highest BCUT2D eigenvalue weighted by atomic mass is 32.1. The molecule has 4 aromatic rings. The van der Waals surface area contributed by atoms with Gasteiger partial charge in [0.25, 0.3) is 5.91 Å². The minimum Gasteiger partial charge on any atom is -0.345 e. The van der Waals surface area contributed by atoms with Gasteiger partial charge in [-0.15, -0.1) is 11.3 Å². The van der Waals surface area contributed by atoms with Gasteiger partial charge < -0.3 is 15.5 Å². The van der Waals surface area contributed by atoms with Crippen LogP contribution in [0.25, 0.3) is 20.8 Å². The first-order valence-electron chi connectivity index (χ1n) is 9.86. The zero-order valence-electron chi connectivity index (χ0n) is 16.5. The van der Waals surface area contributed by atoms with Crippen LogP contribution in [0.5, 0.6) is 0 Å². The molecule has 3 aromatic heterocycles. The first-order valence-corrected chi connectivity index (χ1v) is 11.5. The number of hydrogen-bond donors (Lipinski definition) is 2. The molecule has 4 heterocycles. The number of aromatic nitrogens is 2. The number of thiophene rings is 1. The van der Waals surface area contributed by atoms with Gasteiger partial charge in [-0.3, -0.25) is 9.78 Å². The smallest absolute Gasteiger partial charge is 0.265 e. The fraction of sp³-hybridized carbons (Fsp3) is 0.227. The zero-order valence-corrected chi connectivity index (χ0v) is 18.1. The lowest BCUT2D eigenvalue weighted by Crippen LogP contribution is -2.43. The van der Waals surface area contributed by atoms with E-state index in [9.17, 15) is 4.79 Å². The van der Waals surface area contributed by atoms with Crippen molar-refractivity contribution in [1.29, 1.82) is 0 Å². The number of thiazole rings is 1. The molecule has 0 bridgehead atoms. The monoisotopic (exact) mass is 435 g/mol. The third-order valence-electron chi connectivity index (χ3n) is 5.04. The van der Waals surface area contributed by atoms with E-state index in [1.165, 1.54) is 11.3 Å². The van der Waals surface area contributed by atoms with Crippen LogP contribution in [-0.4, -0.2) is 42.1 Å². The number of carbonyl (C=O) groups excluding carboxylic acids is 1. The fourth-order valence-corrected chi connectivity index (χ4v) is 5.54. The Morgan fingerprint density at radius 2 is 1.90 bits per heavy atom. The van der Waals surface area contributed by atoms with Crippen molar-refractivity contribution in [2.75, 3.05) is 36.4 Å². The van der Waals surface area contributed by atoms with Gasteiger partial charge in [-0.1, -0.05) is 29.5 Å². The zero-order chi connectivity index (χ0) is 20.5. The van der Waals surface area contributed by atoms with Crippen LogP contribution in [0.1, 0.15) is 15.2 Å². The average Bonchev–Trinajstić information content (AvgIpc) is 3.35. The summed E-state index contributed by atoms with van der Waals surface area (Å²) in [5.74, 6) is -0.102. The number of pyridine rings is 1. The van der Waals surface area contributed by atoms with Crippen molar-refractivity contribution in [3.8, 4) is 11.3 Å². The number of nitrogens with one attached hydrogen (secondary N) is 2. The normalized spacial score (nSPS) is 14.2. The Labute approximate surface area is 182 Å². The average molecular weight is 436 g/mol. The molecular formula is C22H21N5OS2. The van der Waals surface area contributed by atoms with Crippen LogP contribution in [0.15, 0.2) is 48.7 Å². The van der Waals surface area contributed by atoms with Crippen LogP contribution in [0, 0.1) is 6.92 Å². The van der Waals surface area contributed by atoms with E-state index in [0.29, 0.717) is 4.88 Å². The Morgan fingerprint density at radius 1 is 1.10 bits per heavy atom. The van der Waals surface area contributed by atoms with Gasteiger partial charge in [0.2, 0.25) is 0 Å². The molecule has 6 nitrogen and oxygen atoms in total. The quantitative estimate of drug-likeness (QED) is 0.498. The van der Waals surface area contributed by atoms with Gasteiger partial charge in [-0.2, -0.15) is 0 Å². The molecule has 0 atom stereocenters. The Balaban J connectivity index is 1.28. The topological polar surface area (TPSA) is 70.2 Å². The molecule has 152 valence electrons. The Morgan fingerprint density at radius 3 is 2.60 bits per heavy atom. The van der Waals surface area contributed by atoms with E-state index in [-0.39, 0.29) is 5.91 Å². The van der Waals surface area contributed by atoms with Gasteiger partial charge in [0.15, 0.2) is 5.13 Å². The molecule has 1 saturated heterocycles. The van der Waals surface area contributed by atoms with Crippen molar-refractivity contribution >= 4 is 48.9 Å². The first kappa shape index (κ1) is 19.2. The van der Waals surface area contributed by atoms with Crippen molar-refractivity contribution in [2.45, 2.75) is 6.92 Å². The molecule has 8 heteroatoms. The molecule has 2 N–H and O–H groups in total. The number of carbonyl (C=O) groups is 1. The summed E-state index contributed by atoms with van der Waals surface area (Å²) in [6.07, 6.45) is 1.86. The van der Waals surface area contributed by atoms with E-state index < -0.39 is 0 Å². The minimum absolute atomic E-state index is 0.102. The van der Waals surface area contributed by atoms with Crippen LogP contribution < -0.4 is 15.5 Å². The second-order valence-electron chi connectivity index (χ2n) is 7.27. The number of piperazine rings is 1. The SMILES string of the molecule is Cc1ccc(-c2ccc(NC(=O)c3cc4sc(N5CCNCC5)nc4s3)cc2)nc1. The lowest BCUT2D eigenvalue weighted by atomic mass is 10.1. The summed E-state index contributed by atoms with van der Waals surface area (Å²) in [5, 5.41) is 7.39. The van der Waals surface area contributed by atoms with Crippen molar-refractivity contribution in [2.24, 2.45) is 0 Å². The van der Waals surface area contributed by atoms with Gasteiger partial charge >= 0.3 is 0 Å². The van der Waals surface area contributed by atoms with Gasteiger partial charge in [0.1, 0.15) is 4.83 Å². The van der Waals surface area contributed by atoms with E-state index in [4.69, 9.17) is 4.98 Å². The highest BCUT2D eigenvalue weighted by molar-refractivity contribution is 7.29. The lowest BCUT2D eigenvalue weighted by molar-refractivity contribution is 0.103. The minimum atomic E-state index is -0.102. The molecule has 1 fully saturated rings. The van der Waals surface area contributed by atoms with Crippen LogP contribution >= 0.6 is 22.7 Å². The van der Waals surface area contributed by atoms with Gasteiger partial charge in [-0.05, 0) is 36.8 Å². The highest BCUT2D eigenvalue weighted by Crippen LogP contribution is 2.35. The second-order valence-corrected chi connectivity index (χ2v) is 9.31. The Hall–Kier alpha value is -2.81. The number of benzene rings is 1. The molecule has 1 amide bonds. The van der Waals surface area contributed by atoms with Crippen molar-refractivity contribution in [1.82, 2.24) is 15.3 Å². The standard InChI is InChI=1S/C22H21N5OS2/c1-14-2-7-17(24-13-14)15-3-5-16(6-4-15)25-20(28)18-12-19-21(29-18)26-22(30-19)27-10-8-23-9-11-27/h2-7,12-13,23H,8-11H2,1H3,(H,25,28). The largest absolute Gasteiger partial charge is 0.345 e. The van der Waals surface area contributed by atoms with Crippen LogP contribution in [0.4, 0.5) is 10.8 Å². The van der Waals surface area contributed by atoms with Crippen LogP contribution in [0.3, 0.4) is 0 Å². The van der Waals surface area contributed by atoms with Gasteiger partial charge in [0, 0.05) is 43.6 Å². The third-order valence-corrected chi connectivity index (χ3v) is 7.26. The van der Waals surface area contributed by atoms with E-state index in [2.05, 4.69) is 20.5 Å². The number of aryl methyl sites for hydroxylation is 1. The molecule has 1 aromatic carbocycles. The number of nitrogens with zero attached hydrogens (tertiary/aromatic N) is 3. The third kappa shape index (κ3) is 3.94. The van der Waals surface area contributed by atoms with Gasteiger partial charge in [-0.25, -0.2) is 4.98 Å². The molecule has 0 aliphatic carbocycles. The number of anilines is 2. The maximum Gasteiger partial charge on any atom is 0.265 e. The summed E-state index contributed by atoms with van der Waals surface area (Å²) < 4.78 is 1.07. The van der Waals surface area contributed by atoms with Crippen molar-refractivity contribution in [3.05, 3.63) is 59.1 Å². The molecule has 1 aliphatic heterocycles. The molecular weight excluding hydrogens is 414 g/mol.